The fourth-order valence-corrected chi connectivity index (χ4v) is 4.87. The molecule has 1 aromatic heterocycles. The number of benzene rings is 2. The van der Waals surface area contributed by atoms with Crippen molar-refractivity contribution in [2.45, 2.75) is 31.8 Å². The van der Waals surface area contributed by atoms with Crippen molar-refractivity contribution in [1.29, 1.82) is 0 Å². The van der Waals surface area contributed by atoms with Crippen LogP contribution >= 0.6 is 0 Å². The van der Waals surface area contributed by atoms with Gasteiger partial charge in [-0.3, -0.25) is 14.5 Å². The highest BCUT2D eigenvalue weighted by molar-refractivity contribution is 5.94. The first kappa shape index (κ1) is 20.6. The molecule has 0 radical (unpaired) electrons. The molecule has 0 unspecified atom stereocenters. The number of nitrogens with zero attached hydrogens (tertiary/aromatic N) is 2. The fourth-order valence-electron chi connectivity index (χ4n) is 4.87. The van der Waals surface area contributed by atoms with Gasteiger partial charge in [-0.2, -0.15) is 0 Å². The van der Waals surface area contributed by atoms with E-state index in [-0.39, 0.29) is 17.6 Å². The molecule has 2 aliphatic heterocycles. The number of carbonyl (C=O) groups is 2. The van der Waals surface area contributed by atoms with Crippen LogP contribution in [0.1, 0.15) is 24.2 Å². The van der Waals surface area contributed by atoms with E-state index in [1.165, 1.54) is 17.7 Å². The number of nitrogens with one attached hydrogen (secondary N) is 3. The molecule has 166 valence electrons. The van der Waals surface area contributed by atoms with Gasteiger partial charge in [-0.05, 0) is 43.1 Å². The van der Waals surface area contributed by atoms with E-state index in [2.05, 4.69) is 37.6 Å². The first-order chi connectivity index (χ1) is 15.5. The first-order valence-corrected chi connectivity index (χ1v) is 11.0. The number of likely N-dealkylation sites (tertiary alicyclic amines) is 1. The standard InChI is InChI=1S/C24H26FN5O2/c25-17-6-7-18-19(12-17)28-21(27-18)8-10-26-22(31)20-13-24(23(32)29-20)9-11-30(15-24)14-16-4-2-1-3-5-16/h1-7,12,20H,8-11,13-15H2,(H,26,31)(H,27,28)(H,29,32)/t20-,24-/m0/s1. The van der Waals surface area contributed by atoms with Crippen LogP contribution in [0.2, 0.25) is 0 Å². The second-order valence-electron chi connectivity index (χ2n) is 8.84. The Kier molecular flexibility index (Phi) is 5.38. The van der Waals surface area contributed by atoms with Gasteiger partial charge in [-0.1, -0.05) is 30.3 Å². The minimum atomic E-state index is -0.510. The summed E-state index contributed by atoms with van der Waals surface area (Å²) in [4.78, 5) is 35.2. The number of fused-ring (bicyclic) bond motifs is 1. The molecular formula is C24H26FN5O2. The lowest BCUT2D eigenvalue weighted by Crippen LogP contribution is -2.42. The van der Waals surface area contributed by atoms with Crippen molar-refractivity contribution in [3.05, 3.63) is 65.7 Å². The fraction of sp³-hybridized carbons (Fsp3) is 0.375. The molecule has 2 aromatic carbocycles. The van der Waals surface area contributed by atoms with E-state index in [1.807, 2.05) is 18.2 Å². The third-order valence-corrected chi connectivity index (χ3v) is 6.53. The zero-order valence-electron chi connectivity index (χ0n) is 17.7. The zero-order chi connectivity index (χ0) is 22.1. The molecule has 2 aliphatic rings. The first-order valence-electron chi connectivity index (χ1n) is 11.0. The lowest BCUT2D eigenvalue weighted by molar-refractivity contribution is -0.128. The Morgan fingerprint density at radius 2 is 2.09 bits per heavy atom. The predicted molar refractivity (Wildman–Crippen MR) is 118 cm³/mol. The van der Waals surface area contributed by atoms with Crippen molar-refractivity contribution in [1.82, 2.24) is 25.5 Å². The van der Waals surface area contributed by atoms with Crippen LogP contribution < -0.4 is 10.6 Å². The lowest BCUT2D eigenvalue weighted by atomic mass is 9.84. The van der Waals surface area contributed by atoms with Gasteiger partial charge in [0.05, 0.1) is 16.4 Å². The molecule has 8 heteroatoms. The van der Waals surface area contributed by atoms with E-state index in [4.69, 9.17) is 0 Å². The Morgan fingerprint density at radius 3 is 2.94 bits per heavy atom. The Morgan fingerprint density at radius 1 is 1.25 bits per heavy atom. The van der Waals surface area contributed by atoms with Gasteiger partial charge in [0.15, 0.2) is 0 Å². The summed E-state index contributed by atoms with van der Waals surface area (Å²) < 4.78 is 13.3. The topological polar surface area (TPSA) is 90.1 Å². The highest BCUT2D eigenvalue weighted by Gasteiger charge is 2.52. The van der Waals surface area contributed by atoms with E-state index in [0.717, 1.165) is 19.5 Å². The molecule has 7 nitrogen and oxygen atoms in total. The SMILES string of the molecule is O=C(NCCc1nc2ccc(F)cc2[nH]1)[C@@H]1C[C@]2(CCN(Cc3ccccc3)C2)C(=O)N1. The maximum atomic E-state index is 13.3. The molecule has 3 aromatic rings. The van der Waals surface area contributed by atoms with Gasteiger partial charge in [0.1, 0.15) is 17.7 Å². The van der Waals surface area contributed by atoms with Crippen LogP contribution in [0.25, 0.3) is 11.0 Å². The minimum absolute atomic E-state index is 0.0208. The van der Waals surface area contributed by atoms with Crippen LogP contribution in [0.4, 0.5) is 4.39 Å². The summed E-state index contributed by atoms with van der Waals surface area (Å²) in [6.45, 7) is 2.73. The van der Waals surface area contributed by atoms with E-state index >= 15 is 0 Å². The number of aromatic amines is 1. The maximum Gasteiger partial charge on any atom is 0.242 e. The van der Waals surface area contributed by atoms with Crippen molar-refractivity contribution in [3.63, 3.8) is 0 Å². The Bertz CT molecular complexity index is 1150. The summed E-state index contributed by atoms with van der Waals surface area (Å²) in [6, 6.07) is 14.1. The largest absolute Gasteiger partial charge is 0.354 e. The van der Waals surface area contributed by atoms with E-state index in [9.17, 15) is 14.0 Å². The lowest BCUT2D eigenvalue weighted by Gasteiger charge is -2.21. The Balaban J connectivity index is 1.14. The normalized spacial score (nSPS) is 23.2. The minimum Gasteiger partial charge on any atom is -0.354 e. The molecule has 2 fully saturated rings. The molecule has 0 aliphatic carbocycles. The second-order valence-corrected chi connectivity index (χ2v) is 8.84. The average Bonchev–Trinajstić information content (AvgIpc) is 3.46. The molecular weight excluding hydrogens is 409 g/mol. The zero-order valence-corrected chi connectivity index (χ0v) is 17.7. The molecule has 2 amide bonds. The summed E-state index contributed by atoms with van der Waals surface area (Å²) in [5.74, 6) is 0.178. The summed E-state index contributed by atoms with van der Waals surface area (Å²) in [5.41, 5.74) is 2.07. The monoisotopic (exact) mass is 435 g/mol. The number of imidazole rings is 1. The van der Waals surface area contributed by atoms with Crippen molar-refractivity contribution in [3.8, 4) is 0 Å². The molecule has 3 N–H and O–H groups in total. The molecule has 5 rings (SSSR count). The van der Waals surface area contributed by atoms with Gasteiger partial charge >= 0.3 is 0 Å². The van der Waals surface area contributed by atoms with Crippen LogP contribution in [0, 0.1) is 11.2 Å². The summed E-state index contributed by atoms with van der Waals surface area (Å²) in [6.07, 6.45) is 1.79. The molecule has 32 heavy (non-hydrogen) atoms. The molecule has 0 bridgehead atoms. The van der Waals surface area contributed by atoms with Gasteiger partial charge in [-0.15, -0.1) is 0 Å². The van der Waals surface area contributed by atoms with Crippen LogP contribution in [0.5, 0.6) is 0 Å². The van der Waals surface area contributed by atoms with Gasteiger partial charge in [0.2, 0.25) is 11.8 Å². The van der Waals surface area contributed by atoms with E-state index in [0.29, 0.717) is 42.8 Å². The Labute approximate surface area is 185 Å². The number of halogens is 1. The van der Waals surface area contributed by atoms with Gasteiger partial charge in [-0.25, -0.2) is 9.37 Å². The maximum absolute atomic E-state index is 13.3. The molecule has 2 atom stereocenters. The van der Waals surface area contributed by atoms with Crippen LogP contribution in [-0.4, -0.2) is 52.4 Å². The van der Waals surface area contributed by atoms with Gasteiger partial charge in [0, 0.05) is 26.1 Å². The number of hydrogen-bond donors (Lipinski definition) is 3. The summed E-state index contributed by atoms with van der Waals surface area (Å²) >= 11 is 0. The molecule has 2 saturated heterocycles. The van der Waals surface area contributed by atoms with Crippen molar-refractivity contribution < 1.29 is 14.0 Å². The highest BCUT2D eigenvalue weighted by atomic mass is 19.1. The highest BCUT2D eigenvalue weighted by Crippen LogP contribution is 2.40. The third kappa shape index (κ3) is 4.10. The third-order valence-electron chi connectivity index (χ3n) is 6.53. The summed E-state index contributed by atoms with van der Waals surface area (Å²) in [5, 5.41) is 5.81. The Hall–Kier alpha value is -3.26. The number of rotatable bonds is 6. The quantitative estimate of drug-likeness (QED) is 0.553. The van der Waals surface area contributed by atoms with Crippen molar-refractivity contribution >= 4 is 22.8 Å². The van der Waals surface area contributed by atoms with Crippen LogP contribution in [-0.2, 0) is 22.6 Å². The number of aromatic nitrogens is 2. The number of hydrogen-bond acceptors (Lipinski definition) is 4. The number of carbonyl (C=O) groups excluding carboxylic acids is 2. The van der Waals surface area contributed by atoms with Crippen molar-refractivity contribution in [2.24, 2.45) is 5.41 Å². The summed E-state index contributed by atoms with van der Waals surface area (Å²) in [7, 11) is 0. The number of amides is 2. The molecule has 3 heterocycles. The van der Waals surface area contributed by atoms with Gasteiger partial charge in [0.25, 0.3) is 0 Å². The van der Waals surface area contributed by atoms with Gasteiger partial charge < -0.3 is 15.6 Å². The van der Waals surface area contributed by atoms with Crippen LogP contribution in [0.15, 0.2) is 48.5 Å². The van der Waals surface area contributed by atoms with Crippen LogP contribution in [0.3, 0.4) is 0 Å². The predicted octanol–water partition coefficient (Wildman–Crippen LogP) is 2.14. The number of H-pyrrole nitrogens is 1. The smallest absolute Gasteiger partial charge is 0.242 e. The van der Waals surface area contributed by atoms with E-state index in [1.54, 1.807) is 6.07 Å². The second kappa shape index (κ2) is 8.35. The van der Waals surface area contributed by atoms with E-state index < -0.39 is 11.5 Å². The molecule has 1 spiro atoms. The molecule has 0 saturated carbocycles. The average molecular weight is 436 g/mol. The van der Waals surface area contributed by atoms with Crippen molar-refractivity contribution in [2.75, 3.05) is 19.6 Å².